The van der Waals surface area contributed by atoms with Crippen molar-refractivity contribution in [2.45, 2.75) is 58.3 Å². The van der Waals surface area contributed by atoms with Crippen molar-refractivity contribution in [3.63, 3.8) is 0 Å². The minimum atomic E-state index is 0.0403. The van der Waals surface area contributed by atoms with Crippen LogP contribution in [0.4, 0.5) is 0 Å². The van der Waals surface area contributed by atoms with Gasteiger partial charge < -0.3 is 4.42 Å². The molecule has 0 aliphatic heterocycles. The van der Waals surface area contributed by atoms with Crippen molar-refractivity contribution in [1.29, 1.82) is 0 Å². The van der Waals surface area contributed by atoms with Gasteiger partial charge in [0.15, 0.2) is 5.58 Å². The van der Waals surface area contributed by atoms with Crippen LogP contribution in [0.5, 0.6) is 0 Å². The summed E-state index contributed by atoms with van der Waals surface area (Å²) < 4.78 is 6.98. The predicted octanol–water partition coefficient (Wildman–Crippen LogP) is 5.74. The molecule has 0 saturated heterocycles. The lowest BCUT2D eigenvalue weighted by atomic mass is 10.1. The van der Waals surface area contributed by atoms with Crippen LogP contribution in [0, 0.1) is 4.84 Å². The van der Waals surface area contributed by atoms with Crippen molar-refractivity contribution in [3.8, 4) is 0 Å². The quantitative estimate of drug-likeness (QED) is 0.460. The number of hydrogen-bond donors (Lipinski definition) is 0. The molecule has 0 unspecified atom stereocenters. The summed E-state index contributed by atoms with van der Waals surface area (Å²) in [7, 11) is 0. The Morgan fingerprint density at radius 1 is 1.10 bits per heavy atom. The normalized spacial score (nSPS) is 11.1. The highest BCUT2D eigenvalue weighted by atomic mass is 32.1. The summed E-state index contributed by atoms with van der Waals surface area (Å²) in [6.07, 6.45) is 8.94. The van der Waals surface area contributed by atoms with Crippen LogP contribution in [0.15, 0.2) is 28.7 Å². The third kappa shape index (κ3) is 4.27. The Kier molecular flexibility index (Phi) is 6.18. The van der Waals surface area contributed by atoms with Crippen LogP contribution in [0.1, 0.15) is 63.1 Å². The van der Waals surface area contributed by atoms with Crippen molar-refractivity contribution in [3.05, 3.63) is 29.1 Å². The lowest BCUT2D eigenvalue weighted by Gasteiger charge is -2.03. The number of fused-ring (bicyclic) bond motifs is 1. The van der Waals surface area contributed by atoms with Crippen LogP contribution in [-0.4, -0.2) is 10.5 Å². The molecule has 2 aromatic rings. The molecule has 0 N–H and O–H groups in total. The zero-order chi connectivity index (χ0) is 15.1. The van der Waals surface area contributed by atoms with E-state index in [1.807, 2.05) is 24.3 Å². The van der Waals surface area contributed by atoms with E-state index in [2.05, 4.69) is 6.92 Å². The van der Waals surface area contributed by atoms with E-state index >= 15 is 0 Å². The lowest BCUT2D eigenvalue weighted by molar-refractivity contribution is 0.0898. The van der Waals surface area contributed by atoms with Gasteiger partial charge in [0.1, 0.15) is 0 Å². The fourth-order valence-corrected chi connectivity index (χ4v) is 2.84. The first-order chi connectivity index (χ1) is 10.2. The highest BCUT2D eigenvalue weighted by molar-refractivity contribution is 7.71. The monoisotopic (exact) mass is 305 g/mol. The molecule has 2 rings (SSSR count). The third-order valence-corrected chi connectivity index (χ3v) is 4.00. The number of nitrogens with zero attached hydrogens (tertiary/aromatic N) is 1. The third-order valence-electron chi connectivity index (χ3n) is 3.73. The predicted molar refractivity (Wildman–Crippen MR) is 88.3 cm³/mol. The first-order valence-electron chi connectivity index (χ1n) is 7.88. The summed E-state index contributed by atoms with van der Waals surface area (Å²) in [5, 5.41) is 0. The number of benzene rings is 1. The smallest absolute Gasteiger partial charge is 0.276 e. The van der Waals surface area contributed by atoms with Crippen LogP contribution in [0.2, 0.25) is 0 Å². The molecule has 0 amide bonds. The second-order valence-electron chi connectivity index (χ2n) is 5.44. The van der Waals surface area contributed by atoms with Crippen LogP contribution >= 0.6 is 12.2 Å². The van der Waals surface area contributed by atoms with E-state index in [0.717, 1.165) is 18.4 Å². The highest BCUT2D eigenvalue weighted by Gasteiger charge is 2.12. The molecular formula is C17H23NO2S. The van der Waals surface area contributed by atoms with E-state index < -0.39 is 0 Å². The average Bonchev–Trinajstić information content (AvgIpc) is 2.82. The maximum absolute atomic E-state index is 12.3. The molecule has 0 aliphatic carbocycles. The minimum Gasteiger partial charge on any atom is -0.429 e. The maximum Gasteiger partial charge on any atom is 0.276 e. The van der Waals surface area contributed by atoms with Gasteiger partial charge in [0.2, 0.25) is 5.91 Å². The fourth-order valence-electron chi connectivity index (χ4n) is 2.55. The molecule has 0 radical (unpaired) electrons. The van der Waals surface area contributed by atoms with E-state index in [1.165, 1.54) is 36.7 Å². The Morgan fingerprint density at radius 2 is 1.76 bits per heavy atom. The van der Waals surface area contributed by atoms with E-state index in [1.54, 1.807) is 0 Å². The fraction of sp³-hybridized carbons (Fsp3) is 0.529. The molecule has 0 aliphatic rings. The number of oxazole rings is 1. The molecule has 0 atom stereocenters. The van der Waals surface area contributed by atoms with E-state index in [0.29, 0.717) is 12.0 Å². The Labute approximate surface area is 131 Å². The molecule has 114 valence electrons. The summed E-state index contributed by atoms with van der Waals surface area (Å²) in [5.74, 6) is 0.0403. The van der Waals surface area contributed by atoms with Gasteiger partial charge in [0.25, 0.3) is 4.84 Å². The summed E-state index contributed by atoms with van der Waals surface area (Å²) in [6.45, 7) is 2.22. The second-order valence-corrected chi connectivity index (χ2v) is 5.79. The van der Waals surface area contributed by atoms with E-state index in [4.69, 9.17) is 16.6 Å². The average molecular weight is 305 g/mol. The van der Waals surface area contributed by atoms with Crippen molar-refractivity contribution >= 4 is 29.2 Å². The molecule has 4 heteroatoms. The van der Waals surface area contributed by atoms with E-state index in [9.17, 15) is 4.79 Å². The molecule has 1 aromatic carbocycles. The van der Waals surface area contributed by atoms with Gasteiger partial charge in [-0.1, -0.05) is 57.6 Å². The first kappa shape index (κ1) is 16.0. The van der Waals surface area contributed by atoms with Gasteiger partial charge in [-0.15, -0.1) is 0 Å². The highest BCUT2D eigenvalue weighted by Crippen LogP contribution is 2.18. The number of rotatable bonds is 8. The number of unbranched alkanes of at least 4 members (excludes halogenated alkanes) is 6. The molecule has 0 spiro atoms. The SMILES string of the molecule is CCCCCCCCCC(=O)n1c(=S)oc2ccccc21. The molecule has 1 aromatic heterocycles. The number of hydrogen-bond acceptors (Lipinski definition) is 3. The van der Waals surface area contributed by atoms with Crippen molar-refractivity contribution in [2.24, 2.45) is 0 Å². The topological polar surface area (TPSA) is 35.1 Å². The van der Waals surface area contributed by atoms with Crippen LogP contribution in [-0.2, 0) is 0 Å². The summed E-state index contributed by atoms with van der Waals surface area (Å²) in [6, 6.07) is 7.48. The zero-order valence-electron chi connectivity index (χ0n) is 12.6. The van der Waals surface area contributed by atoms with Crippen molar-refractivity contribution in [2.75, 3.05) is 0 Å². The largest absolute Gasteiger partial charge is 0.429 e. The Morgan fingerprint density at radius 3 is 2.52 bits per heavy atom. The van der Waals surface area contributed by atoms with Gasteiger partial charge in [-0.25, -0.2) is 4.57 Å². The Hall–Kier alpha value is -1.42. The summed E-state index contributed by atoms with van der Waals surface area (Å²) in [4.78, 5) is 12.6. The first-order valence-corrected chi connectivity index (χ1v) is 8.28. The van der Waals surface area contributed by atoms with Crippen LogP contribution in [0.25, 0.3) is 11.1 Å². The second kappa shape index (κ2) is 8.13. The molecule has 3 nitrogen and oxygen atoms in total. The number of para-hydroxylation sites is 2. The Balaban J connectivity index is 1.85. The number of carbonyl (C=O) groups excluding carboxylic acids is 1. The number of carbonyl (C=O) groups is 1. The number of aromatic nitrogens is 1. The molecule has 0 fully saturated rings. The van der Waals surface area contributed by atoms with Gasteiger partial charge in [0.05, 0.1) is 5.52 Å². The Bertz CT molecular complexity index is 642. The van der Waals surface area contributed by atoms with Gasteiger partial charge in [-0.3, -0.25) is 4.79 Å². The van der Waals surface area contributed by atoms with Gasteiger partial charge in [0, 0.05) is 6.42 Å². The van der Waals surface area contributed by atoms with Gasteiger partial charge in [-0.05, 0) is 30.8 Å². The van der Waals surface area contributed by atoms with Crippen molar-refractivity contribution < 1.29 is 9.21 Å². The maximum atomic E-state index is 12.3. The van der Waals surface area contributed by atoms with Gasteiger partial charge in [-0.2, -0.15) is 0 Å². The molecule has 0 saturated carbocycles. The minimum absolute atomic E-state index is 0.0403. The molecule has 21 heavy (non-hydrogen) atoms. The van der Waals surface area contributed by atoms with Crippen LogP contribution in [0.3, 0.4) is 0 Å². The lowest BCUT2D eigenvalue weighted by Crippen LogP contribution is -2.09. The summed E-state index contributed by atoms with van der Waals surface area (Å²) in [5.41, 5.74) is 1.45. The van der Waals surface area contributed by atoms with E-state index in [-0.39, 0.29) is 10.7 Å². The summed E-state index contributed by atoms with van der Waals surface area (Å²) >= 11 is 5.15. The van der Waals surface area contributed by atoms with Gasteiger partial charge >= 0.3 is 0 Å². The molecular weight excluding hydrogens is 282 g/mol. The molecule has 1 heterocycles. The standard InChI is InChI=1S/C17H23NO2S/c1-2-3-4-5-6-7-8-13-16(19)18-14-11-9-10-12-15(14)20-17(18)21/h9-12H,2-8,13H2,1H3. The van der Waals surface area contributed by atoms with Crippen molar-refractivity contribution in [1.82, 2.24) is 4.57 Å². The zero-order valence-corrected chi connectivity index (χ0v) is 13.5. The van der Waals surface area contributed by atoms with Crippen LogP contribution < -0.4 is 0 Å². The molecule has 0 bridgehead atoms.